The van der Waals surface area contributed by atoms with Crippen molar-refractivity contribution in [1.29, 1.82) is 0 Å². The molecule has 96 valence electrons. The minimum atomic E-state index is -0.357. The predicted octanol–water partition coefficient (Wildman–Crippen LogP) is 5.93. The van der Waals surface area contributed by atoms with E-state index in [4.69, 9.17) is 34.8 Å². The summed E-state index contributed by atoms with van der Waals surface area (Å²) in [5, 5.41) is 1.57. The van der Waals surface area contributed by atoms with Crippen molar-refractivity contribution in [2.45, 2.75) is 0 Å². The average molecular weight is 315 g/mol. The van der Waals surface area contributed by atoms with Crippen LogP contribution in [0.25, 0.3) is 22.0 Å². The molecule has 1 nitrogen and oxygen atoms in total. The molecule has 0 aliphatic heterocycles. The lowest BCUT2D eigenvalue weighted by atomic mass is 10.0. The highest BCUT2D eigenvalue weighted by Gasteiger charge is 2.16. The summed E-state index contributed by atoms with van der Waals surface area (Å²) in [6, 6.07) is 8.20. The van der Waals surface area contributed by atoms with Gasteiger partial charge in [-0.1, -0.05) is 34.8 Å². The van der Waals surface area contributed by atoms with E-state index >= 15 is 0 Å². The Morgan fingerprint density at radius 3 is 2.32 bits per heavy atom. The van der Waals surface area contributed by atoms with Crippen LogP contribution in [0.3, 0.4) is 0 Å². The molecule has 0 aliphatic carbocycles. The molecule has 19 heavy (non-hydrogen) atoms. The molecule has 0 spiro atoms. The normalized spacial score (nSPS) is 11.2. The summed E-state index contributed by atoms with van der Waals surface area (Å²) in [4.78, 5) is 2.95. The summed E-state index contributed by atoms with van der Waals surface area (Å²) in [6.45, 7) is 0. The Morgan fingerprint density at radius 2 is 1.63 bits per heavy atom. The Bertz CT molecular complexity index is 756. The molecule has 1 heterocycles. The molecule has 0 fully saturated rings. The Morgan fingerprint density at radius 1 is 0.947 bits per heavy atom. The molecule has 3 rings (SSSR count). The highest BCUT2D eigenvalue weighted by atomic mass is 35.5. The second-order valence-electron chi connectivity index (χ2n) is 4.11. The number of aromatic amines is 1. The van der Waals surface area contributed by atoms with Gasteiger partial charge in [-0.2, -0.15) is 0 Å². The first-order valence-corrected chi connectivity index (χ1v) is 6.62. The molecular weight excluding hydrogens is 308 g/mol. The van der Waals surface area contributed by atoms with E-state index in [-0.39, 0.29) is 5.82 Å². The molecule has 3 aromatic rings. The van der Waals surface area contributed by atoms with Crippen molar-refractivity contribution in [3.63, 3.8) is 0 Å². The van der Waals surface area contributed by atoms with Crippen molar-refractivity contribution in [2.75, 3.05) is 0 Å². The van der Waals surface area contributed by atoms with Crippen LogP contribution in [0.2, 0.25) is 15.1 Å². The molecule has 2 aromatic carbocycles. The molecule has 5 heteroatoms. The highest BCUT2D eigenvalue weighted by molar-refractivity contribution is 6.41. The Labute approximate surface area is 123 Å². The van der Waals surface area contributed by atoms with Gasteiger partial charge in [-0.3, -0.25) is 0 Å². The maximum absolute atomic E-state index is 14.5. The van der Waals surface area contributed by atoms with Gasteiger partial charge in [0, 0.05) is 33.2 Å². The Hall–Kier alpha value is -1.22. The molecule has 0 unspecified atom stereocenters. The van der Waals surface area contributed by atoms with Crippen LogP contribution in [0.1, 0.15) is 0 Å². The second-order valence-corrected chi connectivity index (χ2v) is 5.36. The van der Waals surface area contributed by atoms with Crippen molar-refractivity contribution < 1.29 is 4.39 Å². The summed E-state index contributed by atoms with van der Waals surface area (Å²) in [6.07, 6.45) is 1.68. The van der Waals surface area contributed by atoms with Crippen molar-refractivity contribution in [2.24, 2.45) is 0 Å². The molecular formula is C14H7Cl3FN. The zero-order valence-corrected chi connectivity index (χ0v) is 11.7. The number of hydrogen-bond donors (Lipinski definition) is 1. The third-order valence-electron chi connectivity index (χ3n) is 2.94. The standard InChI is InChI=1S/C14H7Cl3FN/c15-7-5-10(16)13(11(17)6-7)9-1-2-12-8(14(9)18)3-4-19-12/h1-6,19H. The van der Waals surface area contributed by atoms with Gasteiger partial charge in [-0.15, -0.1) is 0 Å². The molecule has 0 aliphatic rings. The smallest absolute Gasteiger partial charge is 0.140 e. The van der Waals surface area contributed by atoms with Crippen molar-refractivity contribution in [3.8, 4) is 11.1 Å². The molecule has 0 saturated carbocycles. The SMILES string of the molecule is Fc1c(-c2c(Cl)cc(Cl)cc2Cl)ccc2[nH]ccc12. The lowest BCUT2D eigenvalue weighted by Gasteiger charge is -2.09. The zero-order valence-electron chi connectivity index (χ0n) is 9.48. The lowest BCUT2D eigenvalue weighted by molar-refractivity contribution is 0.643. The van der Waals surface area contributed by atoms with Gasteiger partial charge in [0.1, 0.15) is 5.82 Å². The summed E-state index contributed by atoms with van der Waals surface area (Å²) in [5.41, 5.74) is 1.54. The quantitative estimate of drug-likeness (QED) is 0.572. The number of hydrogen-bond acceptors (Lipinski definition) is 0. The zero-order chi connectivity index (χ0) is 13.6. The van der Waals surface area contributed by atoms with Crippen LogP contribution in [0.15, 0.2) is 36.5 Å². The fourth-order valence-corrected chi connectivity index (χ4v) is 3.11. The molecule has 0 atom stereocenters. The maximum Gasteiger partial charge on any atom is 0.140 e. The van der Waals surface area contributed by atoms with Crippen molar-refractivity contribution in [1.82, 2.24) is 4.98 Å². The second kappa shape index (κ2) is 4.71. The highest BCUT2D eigenvalue weighted by Crippen LogP contribution is 2.39. The van der Waals surface area contributed by atoms with Crippen molar-refractivity contribution >= 4 is 45.7 Å². The van der Waals surface area contributed by atoms with Gasteiger partial charge < -0.3 is 4.98 Å². The Kier molecular flexibility index (Phi) is 3.17. The number of fused-ring (bicyclic) bond motifs is 1. The molecule has 0 radical (unpaired) electrons. The van der Waals surface area contributed by atoms with Crippen LogP contribution in [0.5, 0.6) is 0 Å². The van der Waals surface area contributed by atoms with Gasteiger partial charge in [0.2, 0.25) is 0 Å². The van der Waals surface area contributed by atoms with Crippen LogP contribution >= 0.6 is 34.8 Å². The average Bonchev–Trinajstić information content (AvgIpc) is 2.79. The van der Waals surface area contributed by atoms with Gasteiger partial charge in [-0.05, 0) is 30.3 Å². The van der Waals surface area contributed by atoms with Crippen LogP contribution in [0, 0.1) is 5.82 Å². The molecule has 1 aromatic heterocycles. The van der Waals surface area contributed by atoms with Crippen LogP contribution in [-0.4, -0.2) is 4.98 Å². The maximum atomic E-state index is 14.5. The van der Waals surface area contributed by atoms with E-state index in [9.17, 15) is 4.39 Å². The van der Waals surface area contributed by atoms with Crippen LogP contribution in [0.4, 0.5) is 4.39 Å². The minimum Gasteiger partial charge on any atom is -0.361 e. The monoisotopic (exact) mass is 313 g/mol. The number of benzene rings is 2. The number of H-pyrrole nitrogens is 1. The first-order valence-electron chi connectivity index (χ1n) is 5.48. The first-order chi connectivity index (χ1) is 9.08. The van der Waals surface area contributed by atoms with Gasteiger partial charge in [0.05, 0.1) is 10.0 Å². The van der Waals surface area contributed by atoms with Gasteiger partial charge >= 0.3 is 0 Å². The molecule has 0 amide bonds. The van der Waals surface area contributed by atoms with E-state index in [1.807, 2.05) is 0 Å². The van der Waals surface area contributed by atoms with E-state index in [0.29, 0.717) is 31.6 Å². The summed E-state index contributed by atoms with van der Waals surface area (Å²) >= 11 is 18.1. The summed E-state index contributed by atoms with van der Waals surface area (Å²) < 4.78 is 14.5. The number of aromatic nitrogens is 1. The third-order valence-corrected chi connectivity index (χ3v) is 3.76. The van der Waals surface area contributed by atoms with E-state index in [1.54, 1.807) is 36.5 Å². The fourth-order valence-electron chi connectivity index (χ4n) is 2.09. The van der Waals surface area contributed by atoms with E-state index in [2.05, 4.69) is 4.98 Å². The molecule has 0 saturated heterocycles. The fraction of sp³-hybridized carbons (Fsp3) is 0. The number of halogens is 4. The topological polar surface area (TPSA) is 15.8 Å². The van der Waals surface area contributed by atoms with Gasteiger partial charge in [0.25, 0.3) is 0 Å². The molecule has 0 bridgehead atoms. The van der Waals surface area contributed by atoms with Gasteiger partial charge in [-0.25, -0.2) is 4.39 Å². The Balaban J connectivity index is 2.33. The minimum absolute atomic E-state index is 0.325. The van der Waals surface area contributed by atoms with E-state index < -0.39 is 0 Å². The van der Waals surface area contributed by atoms with E-state index in [1.165, 1.54) is 0 Å². The number of rotatable bonds is 1. The number of nitrogens with one attached hydrogen (secondary N) is 1. The van der Waals surface area contributed by atoms with Crippen LogP contribution in [-0.2, 0) is 0 Å². The van der Waals surface area contributed by atoms with E-state index in [0.717, 1.165) is 5.52 Å². The van der Waals surface area contributed by atoms with Crippen LogP contribution < -0.4 is 0 Å². The first kappa shape index (κ1) is 12.8. The summed E-state index contributed by atoms with van der Waals surface area (Å²) in [5.74, 6) is -0.357. The van der Waals surface area contributed by atoms with Crippen molar-refractivity contribution in [3.05, 3.63) is 57.4 Å². The lowest BCUT2D eigenvalue weighted by Crippen LogP contribution is -1.88. The largest absolute Gasteiger partial charge is 0.361 e. The third kappa shape index (κ3) is 2.10. The predicted molar refractivity (Wildman–Crippen MR) is 78.7 cm³/mol. The molecule has 1 N–H and O–H groups in total. The summed E-state index contributed by atoms with van der Waals surface area (Å²) in [7, 11) is 0. The van der Waals surface area contributed by atoms with Gasteiger partial charge in [0.15, 0.2) is 0 Å².